The van der Waals surface area contributed by atoms with Crippen LogP contribution in [0.25, 0.3) is 0 Å². The van der Waals surface area contributed by atoms with Crippen molar-refractivity contribution in [2.45, 2.75) is 128 Å². The zero-order chi connectivity index (χ0) is 27.1. The zero-order valence-corrected chi connectivity index (χ0v) is 20.9. The molecule has 0 aromatic carbocycles. The predicted octanol–water partition coefficient (Wildman–Crippen LogP) is 7.59. The molecule has 0 aliphatic heterocycles. The van der Waals surface area contributed by atoms with Gasteiger partial charge in [0.05, 0.1) is 6.61 Å². The fraction of sp³-hybridized carbons (Fsp3) is 0.917. The lowest BCUT2D eigenvalue weighted by molar-refractivity contribution is -0.344. The summed E-state index contributed by atoms with van der Waals surface area (Å²) in [6.45, 7) is 4.72. The number of esters is 1. The van der Waals surface area contributed by atoms with E-state index in [0.717, 1.165) is 32.1 Å². The fourth-order valence-electron chi connectivity index (χ4n) is 3.43. The average Bonchev–Trinajstić information content (AvgIpc) is 2.76. The van der Waals surface area contributed by atoms with Gasteiger partial charge in [-0.1, -0.05) is 97.8 Å². The molecule has 0 spiro atoms. The number of hydrogen-bond acceptors (Lipinski definition) is 3. The van der Waals surface area contributed by atoms with Gasteiger partial charge in [-0.3, -0.25) is 4.79 Å². The number of amides is 1. The highest BCUT2D eigenvalue weighted by Gasteiger charge is 2.76. The molecule has 0 fully saturated rings. The van der Waals surface area contributed by atoms with Gasteiger partial charge in [-0.15, -0.1) is 0 Å². The molecule has 0 saturated carbocycles. The highest BCUT2D eigenvalue weighted by molar-refractivity contribution is 5.89. The van der Waals surface area contributed by atoms with Gasteiger partial charge in [-0.2, -0.15) is 30.7 Å². The van der Waals surface area contributed by atoms with E-state index in [2.05, 4.69) is 6.92 Å². The van der Waals surface area contributed by atoms with E-state index >= 15 is 0 Å². The fourth-order valence-corrected chi connectivity index (χ4v) is 3.43. The molecule has 0 bridgehead atoms. The molecule has 11 heteroatoms. The van der Waals surface area contributed by atoms with E-state index in [4.69, 9.17) is 4.74 Å². The summed E-state index contributed by atoms with van der Waals surface area (Å²) >= 11 is 0. The summed E-state index contributed by atoms with van der Waals surface area (Å²) in [4.78, 5) is 23.7. The van der Waals surface area contributed by atoms with Gasteiger partial charge in [0, 0.05) is 0 Å². The molecule has 0 rings (SSSR count). The van der Waals surface area contributed by atoms with E-state index in [1.54, 1.807) is 0 Å². The third-order valence-corrected chi connectivity index (χ3v) is 5.73. The number of halogens is 7. The maximum Gasteiger partial charge on any atom is 0.460 e. The Labute approximate surface area is 203 Å². The van der Waals surface area contributed by atoms with Crippen molar-refractivity contribution in [3.63, 3.8) is 0 Å². The van der Waals surface area contributed by atoms with Gasteiger partial charge in [0.1, 0.15) is 6.04 Å². The number of alkyl halides is 7. The summed E-state index contributed by atoms with van der Waals surface area (Å²) in [7, 11) is 0. The molecule has 35 heavy (non-hydrogen) atoms. The van der Waals surface area contributed by atoms with Gasteiger partial charge < -0.3 is 10.1 Å². The van der Waals surface area contributed by atoms with Crippen molar-refractivity contribution in [3.8, 4) is 0 Å². The second kappa shape index (κ2) is 16.2. The van der Waals surface area contributed by atoms with Gasteiger partial charge in [0.2, 0.25) is 0 Å². The number of ether oxygens (including phenoxy) is 1. The summed E-state index contributed by atoms with van der Waals surface area (Å²) in [6.07, 6.45) is 7.62. The Morgan fingerprint density at radius 1 is 0.714 bits per heavy atom. The highest BCUT2D eigenvalue weighted by Crippen LogP contribution is 2.46. The normalized spacial score (nSPS) is 13.7. The Morgan fingerprint density at radius 2 is 1.11 bits per heavy atom. The van der Waals surface area contributed by atoms with E-state index in [1.165, 1.54) is 64.1 Å². The first kappa shape index (κ1) is 33.4. The standard InChI is InChI=1S/C24H40F7NO3/c1-4-5-6-7-8-9-10-11-12-13-14-15-16-17-35-20(33)19(18(2)3)32-21(34)22(25,26)23(27,28)24(29,30)31/h18-19H,4-17H2,1-3H3,(H,32,34). The third-order valence-electron chi connectivity index (χ3n) is 5.73. The Bertz CT molecular complexity index is 610. The molecule has 0 aromatic heterocycles. The van der Waals surface area contributed by atoms with Crippen molar-refractivity contribution in [3.05, 3.63) is 0 Å². The van der Waals surface area contributed by atoms with Gasteiger partial charge in [-0.05, 0) is 12.3 Å². The van der Waals surface area contributed by atoms with Crippen LogP contribution in [0.1, 0.15) is 104 Å². The molecule has 1 atom stereocenters. The lowest BCUT2D eigenvalue weighted by Gasteiger charge is -2.29. The van der Waals surface area contributed by atoms with Crippen LogP contribution >= 0.6 is 0 Å². The molecular weight excluding hydrogens is 483 g/mol. The van der Waals surface area contributed by atoms with E-state index < -0.39 is 41.9 Å². The molecule has 1 N–H and O–H groups in total. The Morgan fingerprint density at radius 3 is 1.49 bits per heavy atom. The molecule has 0 saturated heterocycles. The monoisotopic (exact) mass is 523 g/mol. The zero-order valence-electron chi connectivity index (χ0n) is 20.9. The van der Waals surface area contributed by atoms with Gasteiger partial charge in [0.25, 0.3) is 5.91 Å². The molecule has 0 aliphatic rings. The number of rotatable bonds is 19. The SMILES string of the molecule is CCCCCCCCCCCCCCCOC(=O)C(NC(=O)C(F)(F)C(F)(F)C(F)(F)F)C(C)C. The summed E-state index contributed by atoms with van der Waals surface area (Å²) in [5.74, 6) is -17.6. The second-order valence-electron chi connectivity index (χ2n) is 9.25. The average molecular weight is 524 g/mol. The number of hydrogen-bond donors (Lipinski definition) is 1. The molecule has 1 unspecified atom stereocenters. The van der Waals surface area contributed by atoms with Crippen molar-refractivity contribution >= 4 is 11.9 Å². The minimum absolute atomic E-state index is 0.0786. The van der Waals surface area contributed by atoms with Crippen molar-refractivity contribution in [1.82, 2.24) is 5.32 Å². The maximum atomic E-state index is 13.5. The van der Waals surface area contributed by atoms with E-state index in [-0.39, 0.29) is 6.61 Å². The topological polar surface area (TPSA) is 55.4 Å². The molecule has 0 aliphatic carbocycles. The van der Waals surface area contributed by atoms with E-state index in [0.29, 0.717) is 6.42 Å². The smallest absolute Gasteiger partial charge is 0.460 e. The maximum absolute atomic E-state index is 13.5. The minimum Gasteiger partial charge on any atom is -0.464 e. The van der Waals surface area contributed by atoms with Gasteiger partial charge in [0.15, 0.2) is 0 Å². The molecule has 0 aromatic rings. The molecular formula is C24H40F7NO3. The summed E-state index contributed by atoms with van der Waals surface area (Å²) in [5.41, 5.74) is 0. The lowest BCUT2D eigenvalue weighted by Crippen LogP contribution is -2.62. The first-order valence-corrected chi connectivity index (χ1v) is 12.5. The lowest BCUT2D eigenvalue weighted by atomic mass is 10.0. The number of carbonyl (C=O) groups excluding carboxylic acids is 2. The molecule has 0 radical (unpaired) electrons. The number of nitrogens with one attached hydrogen (secondary N) is 1. The summed E-state index contributed by atoms with van der Waals surface area (Å²) in [5, 5.41) is 1.29. The van der Waals surface area contributed by atoms with E-state index in [9.17, 15) is 40.3 Å². The first-order valence-electron chi connectivity index (χ1n) is 12.5. The van der Waals surface area contributed by atoms with Crippen LogP contribution < -0.4 is 5.32 Å². The number of carbonyl (C=O) groups is 2. The van der Waals surface area contributed by atoms with Gasteiger partial charge >= 0.3 is 24.0 Å². The Kier molecular flexibility index (Phi) is 15.5. The molecule has 0 heterocycles. The van der Waals surface area contributed by atoms with E-state index in [1.807, 2.05) is 0 Å². The van der Waals surface area contributed by atoms with Crippen LogP contribution in [0.3, 0.4) is 0 Å². The van der Waals surface area contributed by atoms with Crippen LogP contribution in [0.4, 0.5) is 30.7 Å². The van der Waals surface area contributed by atoms with Crippen molar-refractivity contribution in [2.24, 2.45) is 5.92 Å². The van der Waals surface area contributed by atoms with Crippen LogP contribution in [-0.2, 0) is 14.3 Å². The first-order chi connectivity index (χ1) is 16.2. The van der Waals surface area contributed by atoms with Crippen LogP contribution in [0.2, 0.25) is 0 Å². The summed E-state index contributed by atoms with van der Waals surface area (Å²) < 4.78 is 94.9. The third kappa shape index (κ3) is 11.8. The molecule has 208 valence electrons. The van der Waals surface area contributed by atoms with Crippen molar-refractivity contribution in [2.75, 3.05) is 6.61 Å². The minimum atomic E-state index is -6.64. The molecule has 4 nitrogen and oxygen atoms in total. The van der Waals surface area contributed by atoms with Crippen molar-refractivity contribution < 1.29 is 45.1 Å². The van der Waals surface area contributed by atoms with Crippen LogP contribution in [0.15, 0.2) is 0 Å². The second-order valence-corrected chi connectivity index (χ2v) is 9.25. The van der Waals surface area contributed by atoms with Gasteiger partial charge in [-0.25, -0.2) is 4.79 Å². The largest absolute Gasteiger partial charge is 0.464 e. The highest BCUT2D eigenvalue weighted by atomic mass is 19.4. The van der Waals surface area contributed by atoms with Crippen LogP contribution in [-0.4, -0.2) is 42.5 Å². The van der Waals surface area contributed by atoms with Crippen LogP contribution in [0.5, 0.6) is 0 Å². The summed E-state index contributed by atoms with van der Waals surface area (Å²) in [6, 6.07) is -1.79. The quantitative estimate of drug-likeness (QED) is 0.108. The Balaban J connectivity index is 4.25. The predicted molar refractivity (Wildman–Crippen MR) is 119 cm³/mol. The van der Waals surface area contributed by atoms with Crippen LogP contribution in [0, 0.1) is 5.92 Å². The molecule has 1 amide bonds. The van der Waals surface area contributed by atoms with Crippen molar-refractivity contribution in [1.29, 1.82) is 0 Å². The Hall–Kier alpha value is -1.55. The number of unbranched alkanes of at least 4 members (excludes halogenated alkanes) is 12.